The minimum Gasteiger partial charge on any atom is -0.506 e. The maximum absolute atomic E-state index is 9.87. The van der Waals surface area contributed by atoms with E-state index in [9.17, 15) is 5.11 Å². The first-order chi connectivity index (χ1) is 8.21. The Kier molecular flexibility index (Phi) is 2.71. The molecule has 0 atom stereocenters. The number of ether oxygens (including phenoxy) is 2. The fourth-order valence-corrected chi connectivity index (χ4v) is 1.59. The predicted molar refractivity (Wildman–Crippen MR) is 61.2 cm³/mol. The summed E-state index contributed by atoms with van der Waals surface area (Å²) in [5.74, 6) is 0.905. The van der Waals surface area contributed by atoms with Crippen molar-refractivity contribution in [3.05, 3.63) is 23.9 Å². The van der Waals surface area contributed by atoms with E-state index in [1.165, 1.54) is 20.4 Å². The first-order valence-corrected chi connectivity index (χ1v) is 4.85. The van der Waals surface area contributed by atoms with Gasteiger partial charge in [-0.05, 0) is 6.07 Å². The number of hydrogen-bond acceptors (Lipinski definition) is 5. The van der Waals surface area contributed by atoms with Crippen molar-refractivity contribution < 1.29 is 14.6 Å². The molecule has 1 N–H and O–H groups in total. The van der Waals surface area contributed by atoms with Crippen LogP contribution >= 0.6 is 0 Å². The van der Waals surface area contributed by atoms with E-state index in [-0.39, 0.29) is 11.3 Å². The lowest BCUT2D eigenvalue weighted by molar-refractivity contribution is 0.355. The van der Waals surface area contributed by atoms with Crippen molar-refractivity contribution >= 4 is 10.9 Å². The Labute approximate surface area is 97.8 Å². The van der Waals surface area contributed by atoms with Crippen LogP contribution in [0.5, 0.6) is 17.2 Å². The number of nitrogens with zero attached hydrogens (tertiary/aromatic N) is 2. The third kappa shape index (κ3) is 1.70. The average molecular weight is 230 g/mol. The zero-order valence-electron chi connectivity index (χ0n) is 9.39. The van der Waals surface area contributed by atoms with Crippen molar-refractivity contribution in [2.24, 2.45) is 0 Å². The highest BCUT2D eigenvalue weighted by Gasteiger charge is 2.12. The van der Waals surface area contributed by atoms with Gasteiger partial charge in [-0.3, -0.25) is 4.98 Å². The van der Waals surface area contributed by atoms with Gasteiger partial charge in [0.15, 0.2) is 11.5 Å². The van der Waals surface area contributed by atoms with Crippen molar-refractivity contribution in [3.63, 3.8) is 0 Å². The van der Waals surface area contributed by atoms with E-state index in [1.807, 2.05) is 6.07 Å². The van der Waals surface area contributed by atoms with Crippen LogP contribution in [0.4, 0.5) is 0 Å². The third-order valence-corrected chi connectivity index (χ3v) is 2.47. The summed E-state index contributed by atoms with van der Waals surface area (Å²) >= 11 is 0. The lowest BCUT2D eigenvalue weighted by Gasteiger charge is -2.09. The molecule has 17 heavy (non-hydrogen) atoms. The van der Waals surface area contributed by atoms with Crippen LogP contribution < -0.4 is 9.47 Å². The summed E-state index contributed by atoms with van der Waals surface area (Å²) in [6.07, 6.45) is 1.32. The van der Waals surface area contributed by atoms with Crippen LogP contribution in [-0.4, -0.2) is 24.3 Å². The molecule has 0 saturated heterocycles. The normalized spacial score (nSPS) is 9.94. The van der Waals surface area contributed by atoms with Crippen LogP contribution in [0.3, 0.4) is 0 Å². The van der Waals surface area contributed by atoms with Crippen LogP contribution in [-0.2, 0) is 0 Å². The summed E-state index contributed by atoms with van der Waals surface area (Å²) in [5, 5.41) is 19.1. The molecule has 1 heterocycles. The molecule has 0 saturated carbocycles. The first kappa shape index (κ1) is 11.0. The molecular formula is C12H10N2O3. The lowest BCUT2D eigenvalue weighted by Crippen LogP contribution is -1.92. The second-order valence-electron chi connectivity index (χ2n) is 3.36. The van der Waals surface area contributed by atoms with Crippen LogP contribution in [0.2, 0.25) is 0 Å². The van der Waals surface area contributed by atoms with Gasteiger partial charge in [0.1, 0.15) is 17.4 Å². The van der Waals surface area contributed by atoms with Gasteiger partial charge in [0.2, 0.25) is 0 Å². The Morgan fingerprint density at radius 3 is 2.47 bits per heavy atom. The Balaban J connectivity index is 2.80. The Morgan fingerprint density at radius 1 is 1.24 bits per heavy atom. The molecule has 5 heteroatoms. The van der Waals surface area contributed by atoms with E-state index in [0.717, 1.165) is 0 Å². The van der Waals surface area contributed by atoms with Crippen molar-refractivity contribution in [1.82, 2.24) is 4.98 Å². The van der Waals surface area contributed by atoms with Crippen molar-refractivity contribution in [2.75, 3.05) is 14.2 Å². The van der Waals surface area contributed by atoms with E-state index in [0.29, 0.717) is 22.4 Å². The SMILES string of the molecule is COc1cc2ncc(C#N)c(O)c2cc1OC. The summed E-state index contributed by atoms with van der Waals surface area (Å²) in [5.41, 5.74) is 0.670. The average Bonchev–Trinajstić information content (AvgIpc) is 2.38. The first-order valence-electron chi connectivity index (χ1n) is 4.85. The molecule has 0 radical (unpaired) electrons. The molecule has 0 fully saturated rings. The zero-order valence-corrected chi connectivity index (χ0v) is 9.39. The van der Waals surface area contributed by atoms with E-state index < -0.39 is 0 Å². The molecule has 2 aromatic rings. The van der Waals surface area contributed by atoms with Gasteiger partial charge in [-0.1, -0.05) is 0 Å². The van der Waals surface area contributed by atoms with Gasteiger partial charge in [0, 0.05) is 17.6 Å². The second-order valence-corrected chi connectivity index (χ2v) is 3.36. The third-order valence-electron chi connectivity index (χ3n) is 2.47. The number of aromatic nitrogens is 1. The van der Waals surface area contributed by atoms with Crippen LogP contribution in [0.1, 0.15) is 5.56 Å². The van der Waals surface area contributed by atoms with Crippen LogP contribution in [0, 0.1) is 11.3 Å². The van der Waals surface area contributed by atoms with Gasteiger partial charge in [-0.25, -0.2) is 0 Å². The van der Waals surface area contributed by atoms with Crippen molar-refractivity contribution in [1.29, 1.82) is 5.26 Å². The van der Waals surface area contributed by atoms with Crippen molar-refractivity contribution in [2.45, 2.75) is 0 Å². The summed E-state index contributed by atoms with van der Waals surface area (Å²) in [4.78, 5) is 4.08. The number of methoxy groups -OCH3 is 2. The summed E-state index contributed by atoms with van der Waals surface area (Å²) < 4.78 is 10.3. The number of aromatic hydroxyl groups is 1. The molecule has 5 nitrogen and oxygen atoms in total. The van der Waals surface area contributed by atoms with Crippen LogP contribution in [0.25, 0.3) is 10.9 Å². The summed E-state index contributed by atoms with van der Waals surface area (Å²) in [6, 6.07) is 5.11. The molecule has 86 valence electrons. The smallest absolute Gasteiger partial charge is 0.162 e. The monoisotopic (exact) mass is 230 g/mol. The topological polar surface area (TPSA) is 75.4 Å². The van der Waals surface area contributed by atoms with Gasteiger partial charge in [-0.15, -0.1) is 0 Å². The molecule has 0 aliphatic heterocycles. The predicted octanol–water partition coefficient (Wildman–Crippen LogP) is 1.83. The number of fused-ring (bicyclic) bond motifs is 1. The fourth-order valence-electron chi connectivity index (χ4n) is 1.59. The minimum atomic E-state index is -0.0987. The van der Waals surface area contributed by atoms with Gasteiger partial charge in [-0.2, -0.15) is 5.26 Å². The second kappa shape index (κ2) is 4.18. The Morgan fingerprint density at radius 2 is 1.88 bits per heavy atom. The van der Waals surface area contributed by atoms with E-state index >= 15 is 0 Å². The molecule has 0 aliphatic rings. The minimum absolute atomic E-state index is 0.0987. The molecule has 0 aliphatic carbocycles. The summed E-state index contributed by atoms with van der Waals surface area (Å²) in [7, 11) is 3.02. The molecule has 1 aromatic carbocycles. The number of pyridine rings is 1. The van der Waals surface area contributed by atoms with Crippen molar-refractivity contribution in [3.8, 4) is 23.3 Å². The Bertz CT molecular complexity index is 617. The molecule has 0 spiro atoms. The lowest BCUT2D eigenvalue weighted by atomic mass is 10.1. The van der Waals surface area contributed by atoms with Gasteiger partial charge >= 0.3 is 0 Å². The van der Waals surface area contributed by atoms with Gasteiger partial charge in [0.05, 0.1) is 19.7 Å². The highest BCUT2D eigenvalue weighted by Crippen LogP contribution is 2.36. The van der Waals surface area contributed by atoms with Gasteiger partial charge < -0.3 is 14.6 Å². The molecule has 0 bridgehead atoms. The van der Waals surface area contributed by atoms with E-state index in [1.54, 1.807) is 12.1 Å². The Hall–Kier alpha value is -2.48. The molecule has 0 unspecified atom stereocenters. The quantitative estimate of drug-likeness (QED) is 0.851. The highest BCUT2D eigenvalue weighted by atomic mass is 16.5. The van der Waals surface area contributed by atoms with E-state index in [4.69, 9.17) is 14.7 Å². The number of benzene rings is 1. The molecule has 1 aromatic heterocycles. The fraction of sp³-hybridized carbons (Fsp3) is 0.167. The maximum Gasteiger partial charge on any atom is 0.162 e. The zero-order chi connectivity index (χ0) is 12.4. The molecular weight excluding hydrogens is 220 g/mol. The van der Waals surface area contributed by atoms with E-state index in [2.05, 4.69) is 4.98 Å². The number of nitriles is 1. The van der Waals surface area contributed by atoms with Crippen LogP contribution in [0.15, 0.2) is 18.3 Å². The molecule has 0 amide bonds. The standard InChI is InChI=1S/C12H10N2O3/c1-16-10-3-8-9(4-11(10)17-2)14-6-7(5-13)12(8)15/h3-4,6H,1-2H3,(H,14,15). The maximum atomic E-state index is 9.87. The number of hydrogen-bond donors (Lipinski definition) is 1. The number of rotatable bonds is 2. The largest absolute Gasteiger partial charge is 0.506 e. The molecule has 2 rings (SSSR count). The highest BCUT2D eigenvalue weighted by molar-refractivity contribution is 5.89. The summed E-state index contributed by atoms with van der Waals surface area (Å²) in [6.45, 7) is 0. The van der Waals surface area contributed by atoms with Gasteiger partial charge in [0.25, 0.3) is 0 Å².